The topological polar surface area (TPSA) is 84.2 Å². The van der Waals surface area contributed by atoms with E-state index in [0.29, 0.717) is 28.9 Å². The lowest BCUT2D eigenvalue weighted by Gasteiger charge is -2.11. The van der Waals surface area contributed by atoms with Gasteiger partial charge in [-0.3, -0.25) is 9.59 Å². The van der Waals surface area contributed by atoms with E-state index in [-0.39, 0.29) is 11.7 Å². The Bertz CT molecular complexity index is 815. The largest absolute Gasteiger partial charge is 0.398 e. The van der Waals surface area contributed by atoms with E-state index in [1.165, 1.54) is 0 Å². The molecule has 0 spiro atoms. The van der Waals surface area contributed by atoms with Crippen molar-refractivity contribution < 1.29 is 9.59 Å². The molecular formula is C22H27N3O2. The number of benzene rings is 2. The van der Waals surface area contributed by atoms with Gasteiger partial charge in [0, 0.05) is 23.4 Å². The zero-order chi connectivity index (χ0) is 19.6. The highest BCUT2D eigenvalue weighted by Gasteiger charge is 2.19. The number of anilines is 1. The van der Waals surface area contributed by atoms with Gasteiger partial charge in [0.25, 0.3) is 5.91 Å². The van der Waals surface area contributed by atoms with Crippen LogP contribution in [0.2, 0.25) is 0 Å². The van der Waals surface area contributed by atoms with E-state index in [0.717, 1.165) is 31.5 Å². The molecule has 2 aromatic carbocycles. The van der Waals surface area contributed by atoms with Gasteiger partial charge in [-0.2, -0.15) is 0 Å². The maximum Gasteiger partial charge on any atom is 0.252 e. The molecule has 0 aromatic heterocycles. The number of rotatable bonds is 10. The third-order valence-corrected chi connectivity index (χ3v) is 4.17. The highest BCUT2D eigenvalue weighted by molar-refractivity contribution is 6.17. The fraction of sp³-hybridized carbons (Fsp3) is 0.273. The highest BCUT2D eigenvalue weighted by atomic mass is 16.2. The Balaban J connectivity index is 1.95. The summed E-state index contributed by atoms with van der Waals surface area (Å²) in [5.74, 6) is -0.504. The number of carbonyl (C=O) groups excluding carboxylic acids is 2. The Hall–Kier alpha value is -2.92. The number of hydrogen-bond donors (Lipinski definition) is 3. The number of ketones is 1. The molecule has 0 saturated heterocycles. The van der Waals surface area contributed by atoms with Crippen molar-refractivity contribution in [3.8, 4) is 0 Å². The lowest BCUT2D eigenvalue weighted by molar-refractivity contribution is 0.0942. The smallest absolute Gasteiger partial charge is 0.252 e. The summed E-state index contributed by atoms with van der Waals surface area (Å²) in [6.07, 6.45) is 1.76. The number of para-hydroxylation sites is 1. The number of hydrogen-bond acceptors (Lipinski definition) is 4. The summed E-state index contributed by atoms with van der Waals surface area (Å²) in [5, 5.41) is 6.19. The molecule has 0 aliphatic rings. The lowest BCUT2D eigenvalue weighted by atomic mass is 9.97. The van der Waals surface area contributed by atoms with Gasteiger partial charge in [-0.1, -0.05) is 35.9 Å². The summed E-state index contributed by atoms with van der Waals surface area (Å²) in [7, 11) is 0. The molecule has 4 N–H and O–H groups in total. The molecule has 0 unspecified atom stereocenters. The normalized spacial score (nSPS) is 10.4. The molecule has 0 heterocycles. The predicted octanol–water partition coefficient (Wildman–Crippen LogP) is 3.18. The Kier molecular flexibility index (Phi) is 7.77. The Morgan fingerprint density at radius 3 is 2.22 bits per heavy atom. The number of nitrogens with two attached hydrogens (primary N) is 1. The fourth-order valence-electron chi connectivity index (χ4n) is 2.67. The second kappa shape index (κ2) is 10.3. The number of amides is 1. The minimum atomic E-state index is -0.254. The van der Waals surface area contributed by atoms with Crippen LogP contribution in [0.4, 0.5) is 5.69 Å². The van der Waals surface area contributed by atoms with Crippen LogP contribution < -0.4 is 16.4 Å². The van der Waals surface area contributed by atoms with Gasteiger partial charge in [-0.15, -0.1) is 6.58 Å². The van der Waals surface area contributed by atoms with Crippen LogP contribution in [-0.4, -0.2) is 31.3 Å². The summed E-state index contributed by atoms with van der Waals surface area (Å²) in [5.41, 5.74) is 8.58. The van der Waals surface area contributed by atoms with Crippen molar-refractivity contribution in [3.05, 3.63) is 77.4 Å². The molecule has 0 aliphatic carbocycles. The predicted molar refractivity (Wildman–Crippen MR) is 110 cm³/mol. The second-order valence-corrected chi connectivity index (χ2v) is 6.53. The summed E-state index contributed by atoms with van der Waals surface area (Å²) in [6.45, 7) is 8.11. The van der Waals surface area contributed by atoms with E-state index in [4.69, 9.17) is 5.73 Å². The van der Waals surface area contributed by atoms with Crippen molar-refractivity contribution in [3.63, 3.8) is 0 Å². The van der Waals surface area contributed by atoms with Gasteiger partial charge >= 0.3 is 0 Å². The molecule has 0 bridgehead atoms. The summed E-state index contributed by atoms with van der Waals surface area (Å²) < 4.78 is 0. The first-order valence-electron chi connectivity index (χ1n) is 9.12. The van der Waals surface area contributed by atoms with Crippen LogP contribution in [0.1, 0.15) is 46.0 Å². The van der Waals surface area contributed by atoms with Crippen LogP contribution in [0.25, 0.3) is 0 Å². The molecule has 5 heteroatoms. The van der Waals surface area contributed by atoms with E-state index in [2.05, 4.69) is 17.2 Å². The van der Waals surface area contributed by atoms with Crippen LogP contribution in [0.5, 0.6) is 0 Å². The molecule has 0 aliphatic heterocycles. The van der Waals surface area contributed by atoms with Crippen molar-refractivity contribution in [2.24, 2.45) is 0 Å². The Labute approximate surface area is 160 Å². The monoisotopic (exact) mass is 365 g/mol. The number of carbonyl (C=O) groups is 2. The zero-order valence-electron chi connectivity index (χ0n) is 15.8. The van der Waals surface area contributed by atoms with Crippen LogP contribution in [-0.2, 0) is 0 Å². The van der Waals surface area contributed by atoms with E-state index in [9.17, 15) is 9.59 Å². The van der Waals surface area contributed by atoms with Gasteiger partial charge in [0.2, 0.25) is 0 Å². The van der Waals surface area contributed by atoms with E-state index in [1.807, 2.05) is 6.92 Å². The maximum atomic E-state index is 12.8. The van der Waals surface area contributed by atoms with Crippen molar-refractivity contribution in [2.45, 2.75) is 19.8 Å². The van der Waals surface area contributed by atoms with Crippen molar-refractivity contribution in [2.75, 3.05) is 25.4 Å². The molecule has 5 nitrogen and oxygen atoms in total. The lowest BCUT2D eigenvalue weighted by Crippen LogP contribution is -2.29. The average molecular weight is 365 g/mol. The number of nitrogens with one attached hydrogen (secondary N) is 2. The van der Waals surface area contributed by atoms with Gasteiger partial charge in [0.15, 0.2) is 5.78 Å². The second-order valence-electron chi connectivity index (χ2n) is 6.53. The van der Waals surface area contributed by atoms with Gasteiger partial charge in [0.05, 0.1) is 5.56 Å². The van der Waals surface area contributed by atoms with Gasteiger partial charge in [0.1, 0.15) is 0 Å². The highest BCUT2D eigenvalue weighted by Crippen LogP contribution is 2.19. The molecular weight excluding hydrogens is 338 g/mol. The Morgan fingerprint density at radius 2 is 1.56 bits per heavy atom. The van der Waals surface area contributed by atoms with Crippen LogP contribution in [0.15, 0.2) is 60.7 Å². The molecule has 0 atom stereocenters. The van der Waals surface area contributed by atoms with Crippen molar-refractivity contribution in [1.29, 1.82) is 0 Å². The Morgan fingerprint density at radius 1 is 0.926 bits per heavy atom. The summed E-state index contributed by atoms with van der Waals surface area (Å²) in [4.78, 5) is 25.4. The molecule has 27 heavy (non-hydrogen) atoms. The van der Waals surface area contributed by atoms with Gasteiger partial charge in [-0.25, -0.2) is 0 Å². The third kappa shape index (κ3) is 6.08. The average Bonchev–Trinajstić information content (AvgIpc) is 2.66. The standard InChI is InChI=1S/C22H27N3O2/c1-16(2)12-15-24-13-7-14-25-22(27)18-9-4-3-8-17(18)21(26)19-10-5-6-11-20(19)23/h3-6,8-11,24H,1,7,12-15,23H2,2H3,(H,25,27). The minimum absolute atomic E-state index is 0.250. The summed E-state index contributed by atoms with van der Waals surface area (Å²) in [6, 6.07) is 13.7. The molecule has 142 valence electrons. The van der Waals surface area contributed by atoms with Gasteiger partial charge < -0.3 is 16.4 Å². The third-order valence-electron chi connectivity index (χ3n) is 4.17. The first kappa shape index (κ1) is 20.4. The van der Waals surface area contributed by atoms with E-state index in [1.54, 1.807) is 48.5 Å². The SMILES string of the molecule is C=C(C)CCNCCCNC(=O)c1ccccc1C(=O)c1ccccc1N. The number of nitrogen functional groups attached to an aromatic ring is 1. The first-order valence-corrected chi connectivity index (χ1v) is 9.12. The zero-order valence-corrected chi connectivity index (χ0v) is 15.8. The van der Waals surface area contributed by atoms with Crippen molar-refractivity contribution >= 4 is 17.4 Å². The molecule has 0 fully saturated rings. The molecule has 2 rings (SSSR count). The first-order chi connectivity index (χ1) is 13.0. The van der Waals surface area contributed by atoms with Crippen LogP contribution in [0, 0.1) is 0 Å². The van der Waals surface area contributed by atoms with Crippen LogP contribution >= 0.6 is 0 Å². The fourth-order valence-corrected chi connectivity index (χ4v) is 2.67. The van der Waals surface area contributed by atoms with Crippen LogP contribution in [0.3, 0.4) is 0 Å². The summed E-state index contributed by atoms with van der Waals surface area (Å²) >= 11 is 0. The molecule has 0 saturated carbocycles. The minimum Gasteiger partial charge on any atom is -0.398 e. The quantitative estimate of drug-likeness (QED) is 0.261. The molecule has 2 aromatic rings. The maximum absolute atomic E-state index is 12.8. The van der Waals surface area contributed by atoms with E-state index < -0.39 is 0 Å². The van der Waals surface area contributed by atoms with E-state index >= 15 is 0 Å². The molecule has 0 radical (unpaired) electrons. The van der Waals surface area contributed by atoms with Gasteiger partial charge in [-0.05, 0) is 51.1 Å². The van der Waals surface area contributed by atoms with Crippen molar-refractivity contribution in [1.82, 2.24) is 10.6 Å². The molecule has 1 amide bonds.